The van der Waals surface area contributed by atoms with Crippen molar-refractivity contribution < 1.29 is 13.9 Å². The molecule has 1 saturated carbocycles. The van der Waals surface area contributed by atoms with Gasteiger partial charge in [0.25, 0.3) is 0 Å². The average molecular weight is 276 g/mol. The fourth-order valence-corrected chi connectivity index (χ4v) is 3.67. The first-order valence-electron chi connectivity index (χ1n) is 7.62. The molecule has 3 heteroatoms. The Morgan fingerprint density at radius 2 is 2.05 bits per heavy atom. The molecule has 1 saturated heterocycles. The third-order valence-electron chi connectivity index (χ3n) is 4.74. The Balaban J connectivity index is 1.74. The molecule has 0 bridgehead atoms. The summed E-state index contributed by atoms with van der Waals surface area (Å²) in [5.41, 5.74) is 0.423. The summed E-state index contributed by atoms with van der Waals surface area (Å²) in [6.45, 7) is 0.658. The summed E-state index contributed by atoms with van der Waals surface area (Å²) in [7, 11) is 0. The van der Waals surface area contributed by atoms with Crippen LogP contribution < -0.4 is 0 Å². The number of carbonyl (C=O) groups is 1. The van der Waals surface area contributed by atoms with Crippen LogP contribution in [0.3, 0.4) is 0 Å². The van der Waals surface area contributed by atoms with Crippen LogP contribution >= 0.6 is 0 Å². The van der Waals surface area contributed by atoms with Gasteiger partial charge in [-0.25, -0.2) is 4.39 Å². The molecule has 1 spiro atoms. The summed E-state index contributed by atoms with van der Waals surface area (Å²) in [6.07, 6.45) is 7.37. The third-order valence-corrected chi connectivity index (χ3v) is 4.74. The molecule has 0 aromatic heterocycles. The lowest BCUT2D eigenvalue weighted by Gasteiger charge is -2.43. The molecule has 0 radical (unpaired) electrons. The van der Waals surface area contributed by atoms with E-state index < -0.39 is 0 Å². The first-order valence-corrected chi connectivity index (χ1v) is 7.62. The van der Waals surface area contributed by atoms with Crippen molar-refractivity contribution in [2.24, 2.45) is 5.92 Å². The smallest absolute Gasteiger partial charge is 0.166 e. The maximum Gasteiger partial charge on any atom is 0.166 e. The van der Waals surface area contributed by atoms with E-state index in [2.05, 4.69) is 0 Å². The van der Waals surface area contributed by atoms with Gasteiger partial charge in [-0.3, -0.25) is 4.79 Å². The fraction of sp³-hybridized carbons (Fsp3) is 0.588. The minimum Gasteiger partial charge on any atom is -0.375 e. The maximum atomic E-state index is 13.3. The topological polar surface area (TPSA) is 26.3 Å². The summed E-state index contributed by atoms with van der Waals surface area (Å²) in [6, 6.07) is 6.06. The number of hydrogen-bond acceptors (Lipinski definition) is 2. The van der Waals surface area contributed by atoms with Crippen molar-refractivity contribution in [3.8, 4) is 0 Å². The third kappa shape index (κ3) is 2.78. The minimum absolute atomic E-state index is 0.0105. The zero-order valence-corrected chi connectivity index (χ0v) is 11.7. The van der Waals surface area contributed by atoms with Gasteiger partial charge >= 0.3 is 0 Å². The largest absolute Gasteiger partial charge is 0.375 e. The van der Waals surface area contributed by atoms with Crippen LogP contribution in [0.25, 0.3) is 0 Å². The average Bonchev–Trinajstić information content (AvgIpc) is 2.47. The van der Waals surface area contributed by atoms with Crippen molar-refractivity contribution in [3.05, 3.63) is 35.6 Å². The molecule has 2 fully saturated rings. The van der Waals surface area contributed by atoms with Crippen molar-refractivity contribution in [2.75, 3.05) is 6.61 Å². The maximum absolute atomic E-state index is 13.3. The van der Waals surface area contributed by atoms with E-state index in [1.54, 1.807) is 12.1 Å². The summed E-state index contributed by atoms with van der Waals surface area (Å²) in [5.74, 6) is -0.267. The Morgan fingerprint density at radius 3 is 2.80 bits per heavy atom. The molecule has 1 heterocycles. The highest BCUT2D eigenvalue weighted by atomic mass is 19.1. The number of hydrogen-bond donors (Lipinski definition) is 0. The van der Waals surface area contributed by atoms with Gasteiger partial charge in [-0.1, -0.05) is 31.4 Å². The Hall–Kier alpha value is -1.22. The van der Waals surface area contributed by atoms with E-state index in [1.807, 2.05) is 0 Å². The molecular formula is C17H21FO2. The van der Waals surface area contributed by atoms with Gasteiger partial charge in [-0.15, -0.1) is 0 Å². The second kappa shape index (κ2) is 5.65. The van der Waals surface area contributed by atoms with Gasteiger partial charge in [0.1, 0.15) is 5.82 Å². The summed E-state index contributed by atoms with van der Waals surface area (Å²) in [4.78, 5) is 12.6. The standard InChI is InChI=1S/C17H21FO2/c18-15-6-4-5-13(11-15)16(19)14-7-10-20-17(12-14)8-2-1-3-9-17/h4-6,11,14H,1-3,7-10,12H2. The SMILES string of the molecule is O=C(c1cccc(F)c1)C1CCOC2(CCCCC2)C1. The quantitative estimate of drug-likeness (QED) is 0.759. The molecule has 0 amide bonds. The molecule has 1 unspecified atom stereocenters. The lowest BCUT2D eigenvalue weighted by atomic mass is 9.74. The highest BCUT2D eigenvalue weighted by Crippen LogP contribution is 2.41. The molecule has 20 heavy (non-hydrogen) atoms. The number of carbonyl (C=O) groups excluding carboxylic acids is 1. The number of halogens is 1. The monoisotopic (exact) mass is 276 g/mol. The Bertz CT molecular complexity index is 486. The van der Waals surface area contributed by atoms with Crippen LogP contribution in [0.2, 0.25) is 0 Å². The zero-order chi connectivity index (χ0) is 14.0. The van der Waals surface area contributed by atoms with Gasteiger partial charge in [0.2, 0.25) is 0 Å². The molecule has 1 aliphatic carbocycles. The molecule has 2 aliphatic rings. The lowest BCUT2D eigenvalue weighted by molar-refractivity contribution is -0.111. The first kappa shape index (κ1) is 13.7. The number of Topliss-reactive ketones (excluding diaryl/α,β-unsaturated/α-hetero) is 1. The van der Waals surface area contributed by atoms with Crippen LogP contribution in [-0.4, -0.2) is 18.0 Å². The van der Waals surface area contributed by atoms with E-state index in [0.29, 0.717) is 12.2 Å². The predicted molar refractivity (Wildman–Crippen MR) is 75.2 cm³/mol. The summed E-state index contributed by atoms with van der Waals surface area (Å²) >= 11 is 0. The molecule has 1 atom stereocenters. The van der Waals surface area contributed by atoms with E-state index >= 15 is 0 Å². The van der Waals surface area contributed by atoms with Crippen molar-refractivity contribution in [3.63, 3.8) is 0 Å². The lowest BCUT2D eigenvalue weighted by Crippen LogP contribution is -2.43. The molecular weight excluding hydrogens is 255 g/mol. The molecule has 1 aromatic rings. The van der Waals surface area contributed by atoms with E-state index in [4.69, 9.17) is 4.74 Å². The number of ketones is 1. The van der Waals surface area contributed by atoms with Gasteiger partial charge in [0.05, 0.1) is 5.60 Å². The van der Waals surface area contributed by atoms with Crippen LogP contribution in [-0.2, 0) is 4.74 Å². The number of ether oxygens (including phenoxy) is 1. The molecule has 1 aliphatic heterocycles. The van der Waals surface area contributed by atoms with Crippen LogP contribution in [0.4, 0.5) is 4.39 Å². The van der Waals surface area contributed by atoms with Crippen LogP contribution in [0.15, 0.2) is 24.3 Å². The number of benzene rings is 1. The van der Waals surface area contributed by atoms with Gasteiger partial charge < -0.3 is 4.74 Å². The Labute approximate surface area is 119 Å². The fourth-order valence-electron chi connectivity index (χ4n) is 3.67. The van der Waals surface area contributed by atoms with E-state index in [-0.39, 0.29) is 23.1 Å². The first-order chi connectivity index (χ1) is 9.69. The van der Waals surface area contributed by atoms with Gasteiger partial charge in [-0.05, 0) is 37.8 Å². The predicted octanol–water partition coefficient (Wildman–Crippen LogP) is 4.14. The molecule has 3 rings (SSSR count). The van der Waals surface area contributed by atoms with Gasteiger partial charge in [0, 0.05) is 18.1 Å². The van der Waals surface area contributed by atoms with Crippen molar-refractivity contribution in [2.45, 2.75) is 50.5 Å². The molecule has 0 N–H and O–H groups in total. The number of rotatable bonds is 2. The normalized spacial score (nSPS) is 25.6. The van der Waals surface area contributed by atoms with Crippen LogP contribution in [0.5, 0.6) is 0 Å². The van der Waals surface area contributed by atoms with Crippen molar-refractivity contribution in [1.29, 1.82) is 0 Å². The van der Waals surface area contributed by atoms with E-state index in [9.17, 15) is 9.18 Å². The van der Waals surface area contributed by atoms with E-state index in [1.165, 1.54) is 31.4 Å². The minimum atomic E-state index is -0.338. The van der Waals surface area contributed by atoms with Crippen molar-refractivity contribution >= 4 is 5.78 Å². The van der Waals surface area contributed by atoms with Gasteiger partial charge in [0.15, 0.2) is 5.78 Å². The molecule has 1 aromatic carbocycles. The second-order valence-corrected chi connectivity index (χ2v) is 6.16. The van der Waals surface area contributed by atoms with Crippen LogP contribution in [0, 0.1) is 11.7 Å². The molecule has 108 valence electrons. The summed E-state index contributed by atoms with van der Waals surface area (Å²) in [5, 5.41) is 0. The van der Waals surface area contributed by atoms with Crippen LogP contribution in [0.1, 0.15) is 55.3 Å². The zero-order valence-electron chi connectivity index (χ0n) is 11.7. The highest BCUT2D eigenvalue weighted by molar-refractivity contribution is 5.97. The van der Waals surface area contributed by atoms with Gasteiger partial charge in [-0.2, -0.15) is 0 Å². The van der Waals surface area contributed by atoms with Crippen molar-refractivity contribution in [1.82, 2.24) is 0 Å². The molecule has 2 nitrogen and oxygen atoms in total. The Morgan fingerprint density at radius 1 is 1.25 bits per heavy atom. The summed E-state index contributed by atoms with van der Waals surface area (Å²) < 4.78 is 19.3. The second-order valence-electron chi connectivity index (χ2n) is 6.16. The Kier molecular flexibility index (Phi) is 3.88. The highest BCUT2D eigenvalue weighted by Gasteiger charge is 2.40. The van der Waals surface area contributed by atoms with E-state index in [0.717, 1.165) is 25.7 Å².